The molecule has 0 radical (unpaired) electrons. The van der Waals surface area contributed by atoms with E-state index in [0.29, 0.717) is 48.3 Å². The molecule has 0 unspecified atom stereocenters. The van der Waals surface area contributed by atoms with E-state index >= 15 is 8.78 Å². The van der Waals surface area contributed by atoms with E-state index in [1.165, 1.54) is 11.3 Å². The summed E-state index contributed by atoms with van der Waals surface area (Å²) in [5, 5.41) is 14.5. The van der Waals surface area contributed by atoms with Crippen molar-refractivity contribution in [3.63, 3.8) is 0 Å². The van der Waals surface area contributed by atoms with Gasteiger partial charge in [-0.05, 0) is 63.6 Å². The molecule has 9 rings (SSSR count). The Morgan fingerprint density at radius 3 is 2.85 bits per heavy atom. The van der Waals surface area contributed by atoms with Gasteiger partial charge < -0.3 is 15.0 Å². The Kier molecular flexibility index (Phi) is 6.47. The minimum absolute atomic E-state index is 0.0123. The smallest absolute Gasteiger partial charge is 0.319 e. The number of aryl methyl sites for hydroxylation is 2. The van der Waals surface area contributed by atoms with E-state index in [9.17, 15) is 9.65 Å². The number of alkyl halides is 1. The molecular formula is C35H34F3N7OS. The number of nitrogens with one attached hydrogen (secondary N) is 1. The van der Waals surface area contributed by atoms with Crippen molar-refractivity contribution < 1.29 is 17.9 Å². The predicted octanol–water partition coefficient (Wildman–Crippen LogP) is 6.35. The molecule has 4 saturated heterocycles. The summed E-state index contributed by atoms with van der Waals surface area (Å²) in [6.45, 7) is 10.1. The van der Waals surface area contributed by atoms with Crippen LogP contribution in [-0.2, 0) is 0 Å². The van der Waals surface area contributed by atoms with Crippen molar-refractivity contribution in [2.24, 2.45) is 0 Å². The van der Waals surface area contributed by atoms with E-state index in [0.717, 1.165) is 47.4 Å². The zero-order chi connectivity index (χ0) is 32.4. The molecule has 12 heteroatoms. The number of hydrogen-bond acceptors (Lipinski definition) is 9. The maximum atomic E-state index is 17.2. The van der Waals surface area contributed by atoms with Crippen LogP contribution in [0.1, 0.15) is 60.1 Å². The van der Waals surface area contributed by atoms with Gasteiger partial charge in [-0.1, -0.05) is 6.58 Å². The number of thiophene rings is 1. The van der Waals surface area contributed by atoms with Crippen molar-refractivity contribution in [3.05, 3.63) is 46.0 Å². The Morgan fingerprint density at radius 1 is 1.17 bits per heavy atom. The van der Waals surface area contributed by atoms with Crippen molar-refractivity contribution in [2.45, 2.75) is 82.2 Å². The van der Waals surface area contributed by atoms with Gasteiger partial charge in [-0.3, -0.25) is 9.88 Å². The number of halogens is 3. The van der Waals surface area contributed by atoms with Crippen LogP contribution in [0.25, 0.3) is 37.8 Å². The molecule has 5 atom stereocenters. The van der Waals surface area contributed by atoms with Gasteiger partial charge in [0.2, 0.25) is 0 Å². The minimum atomic E-state index is -0.924. The fourth-order valence-corrected chi connectivity index (χ4v) is 10.2. The molecule has 5 aliphatic heterocycles. The van der Waals surface area contributed by atoms with Crippen LogP contribution in [0.3, 0.4) is 0 Å². The fourth-order valence-electron chi connectivity index (χ4n) is 9.12. The molecular weight excluding hydrogens is 623 g/mol. The third-order valence-electron chi connectivity index (χ3n) is 11.3. The molecule has 242 valence electrons. The number of hydrogen-bond donors (Lipinski definition) is 1. The lowest BCUT2D eigenvalue weighted by Crippen LogP contribution is -2.58. The van der Waals surface area contributed by atoms with Gasteiger partial charge in [-0.25, -0.2) is 13.2 Å². The number of nitrogens with zero attached hydrogens (tertiary/aromatic N) is 6. The summed E-state index contributed by atoms with van der Waals surface area (Å²) in [7, 11) is 0. The summed E-state index contributed by atoms with van der Waals surface area (Å²) in [5.41, 5.74) is 1.12. The van der Waals surface area contributed by atoms with Crippen LogP contribution in [0.4, 0.5) is 19.0 Å². The molecule has 0 amide bonds. The summed E-state index contributed by atoms with van der Waals surface area (Å²) in [5.74, 6) is -1.22. The molecule has 4 fully saturated rings. The third kappa shape index (κ3) is 4.15. The van der Waals surface area contributed by atoms with Crippen molar-refractivity contribution in [3.8, 4) is 23.3 Å². The second-order valence-corrected chi connectivity index (χ2v) is 15.2. The number of rotatable bonds is 4. The highest BCUT2D eigenvalue weighted by atomic mass is 32.1. The highest BCUT2D eigenvalue weighted by molar-refractivity contribution is 7.19. The van der Waals surface area contributed by atoms with E-state index in [1.54, 1.807) is 6.20 Å². The van der Waals surface area contributed by atoms with Gasteiger partial charge in [0, 0.05) is 64.4 Å². The summed E-state index contributed by atoms with van der Waals surface area (Å²) in [4.78, 5) is 19.2. The van der Waals surface area contributed by atoms with Gasteiger partial charge >= 0.3 is 6.01 Å². The molecule has 5 aliphatic rings. The summed E-state index contributed by atoms with van der Waals surface area (Å²) >= 11 is 1.42. The monoisotopic (exact) mass is 657 g/mol. The second kappa shape index (κ2) is 10.4. The number of nitriles is 1. The molecule has 4 aromatic rings. The van der Waals surface area contributed by atoms with Crippen LogP contribution >= 0.6 is 11.3 Å². The zero-order valence-electron chi connectivity index (χ0n) is 26.3. The number of anilines is 1. The molecule has 1 N–H and O–H groups in total. The molecule has 8 nitrogen and oxygen atoms in total. The Hall–Kier alpha value is -3.79. The average molecular weight is 658 g/mol. The summed E-state index contributed by atoms with van der Waals surface area (Å²) in [6, 6.07) is 2.55. The minimum Gasteiger partial charge on any atom is -0.461 e. The van der Waals surface area contributed by atoms with Crippen molar-refractivity contribution in [1.29, 1.82) is 5.26 Å². The molecule has 8 heterocycles. The van der Waals surface area contributed by atoms with Crippen molar-refractivity contribution in [1.82, 2.24) is 25.2 Å². The Bertz CT molecular complexity index is 2080. The first-order valence-corrected chi connectivity index (χ1v) is 17.2. The van der Waals surface area contributed by atoms with Crippen LogP contribution in [-0.4, -0.2) is 75.9 Å². The van der Waals surface area contributed by atoms with Crippen LogP contribution < -0.4 is 15.0 Å². The SMILES string of the molecule is C=C1C[C@@H]2[C@@H]3CC[C@H](CN2c2nc(OC[C@@]45CCCN4C[C@H](F)C5)nc4c(F)c(-c5ncc(C)c6sc(C)c(C#N)c56)c(F)c1c24)N3. The van der Waals surface area contributed by atoms with Gasteiger partial charge in [0.15, 0.2) is 5.82 Å². The van der Waals surface area contributed by atoms with Gasteiger partial charge in [-0.15, -0.1) is 11.3 Å². The maximum Gasteiger partial charge on any atom is 0.319 e. The Labute approximate surface area is 274 Å². The standard InChI is InChI=1S/C35H34F3N7OS/c1-16-9-23-22-6-5-20(41-22)14-45(23)33-26-24(16)28(37)27(30-25-21(11-39)18(3)47-32(25)17(2)12-40-30)29(38)31(26)42-34(43-33)46-15-35-7-4-8-44(35)13-19(36)10-35/h12,19-20,22-23,41H,1,4-10,13-15H2,2-3H3/t19-,20-,22+,23-,35+/m1/s1. The topological polar surface area (TPSA) is 90.2 Å². The zero-order valence-corrected chi connectivity index (χ0v) is 27.1. The average Bonchev–Trinajstić information content (AvgIpc) is 3.77. The number of pyridine rings is 1. The van der Waals surface area contributed by atoms with Crippen LogP contribution in [0, 0.1) is 36.8 Å². The van der Waals surface area contributed by atoms with E-state index < -0.39 is 23.3 Å². The Morgan fingerprint density at radius 2 is 2.02 bits per heavy atom. The molecule has 0 aliphatic carbocycles. The highest BCUT2D eigenvalue weighted by Crippen LogP contribution is 2.49. The lowest BCUT2D eigenvalue weighted by Gasteiger charge is -2.41. The van der Waals surface area contributed by atoms with E-state index in [-0.39, 0.29) is 58.5 Å². The normalized spacial score (nSPS) is 28.2. The van der Waals surface area contributed by atoms with Crippen molar-refractivity contribution in [2.75, 3.05) is 31.1 Å². The number of aromatic nitrogens is 3. The van der Waals surface area contributed by atoms with Gasteiger partial charge in [0.05, 0.1) is 27.7 Å². The lowest BCUT2D eigenvalue weighted by molar-refractivity contribution is 0.107. The Balaban J connectivity index is 1.29. The first-order chi connectivity index (χ1) is 22.7. The molecule has 0 saturated carbocycles. The van der Waals surface area contributed by atoms with E-state index in [1.807, 2.05) is 13.8 Å². The molecule has 1 aromatic carbocycles. The molecule has 47 heavy (non-hydrogen) atoms. The summed E-state index contributed by atoms with van der Waals surface area (Å²) in [6.07, 6.45) is 5.25. The first kappa shape index (κ1) is 29.4. The van der Waals surface area contributed by atoms with E-state index in [2.05, 4.69) is 37.7 Å². The molecule has 2 bridgehead atoms. The quantitative estimate of drug-likeness (QED) is 0.272. The van der Waals surface area contributed by atoms with Gasteiger partial charge in [0.25, 0.3) is 0 Å². The van der Waals surface area contributed by atoms with Gasteiger partial charge in [0.1, 0.15) is 36.0 Å². The first-order valence-electron chi connectivity index (χ1n) is 16.4. The third-order valence-corrected chi connectivity index (χ3v) is 12.5. The number of piperazine rings is 1. The second-order valence-electron chi connectivity index (χ2n) is 14.0. The number of fused-ring (bicyclic) bond motifs is 7. The largest absolute Gasteiger partial charge is 0.461 e. The summed E-state index contributed by atoms with van der Waals surface area (Å²) < 4.78 is 56.1. The molecule has 0 spiro atoms. The number of benzene rings is 1. The maximum absolute atomic E-state index is 17.2. The van der Waals surface area contributed by atoms with Crippen LogP contribution in [0.5, 0.6) is 6.01 Å². The highest BCUT2D eigenvalue weighted by Gasteiger charge is 2.50. The lowest BCUT2D eigenvalue weighted by atomic mass is 9.91. The number of ether oxygens (including phenoxy) is 1. The van der Waals surface area contributed by atoms with Gasteiger partial charge in [-0.2, -0.15) is 15.2 Å². The van der Waals surface area contributed by atoms with Crippen molar-refractivity contribution >= 4 is 43.7 Å². The van der Waals surface area contributed by atoms with Crippen LogP contribution in [0.15, 0.2) is 12.8 Å². The van der Waals surface area contributed by atoms with E-state index in [4.69, 9.17) is 9.72 Å². The van der Waals surface area contributed by atoms with Crippen LogP contribution in [0.2, 0.25) is 0 Å². The predicted molar refractivity (Wildman–Crippen MR) is 176 cm³/mol. The fraction of sp³-hybridized carbons (Fsp3) is 0.486. The molecule has 3 aromatic heterocycles.